The Bertz CT molecular complexity index is 722. The molecule has 0 atom stereocenters. The zero-order valence-electron chi connectivity index (χ0n) is 10.7. The van der Waals surface area contributed by atoms with Gasteiger partial charge in [0.1, 0.15) is 6.33 Å². The molecule has 19 heavy (non-hydrogen) atoms. The minimum Gasteiger partial charge on any atom is -0.312 e. The van der Waals surface area contributed by atoms with Crippen LogP contribution >= 0.6 is 11.8 Å². The summed E-state index contributed by atoms with van der Waals surface area (Å²) in [5.41, 5.74) is 3.83. The fourth-order valence-corrected chi connectivity index (χ4v) is 2.69. The third-order valence-corrected chi connectivity index (χ3v) is 3.90. The van der Waals surface area contributed by atoms with Crippen molar-refractivity contribution in [1.29, 1.82) is 0 Å². The molecular formula is C13H13N5S. The molecule has 0 unspecified atom stereocenters. The van der Waals surface area contributed by atoms with Gasteiger partial charge < -0.3 is 4.57 Å². The average Bonchev–Trinajstić information content (AvgIpc) is 2.82. The van der Waals surface area contributed by atoms with Gasteiger partial charge in [-0.3, -0.25) is 0 Å². The Kier molecular flexibility index (Phi) is 3.16. The molecule has 3 rings (SSSR count). The molecule has 3 aromatic rings. The van der Waals surface area contributed by atoms with Crippen LogP contribution in [0.4, 0.5) is 0 Å². The Hall–Kier alpha value is -1.95. The van der Waals surface area contributed by atoms with Crippen LogP contribution in [0.15, 0.2) is 35.7 Å². The highest BCUT2D eigenvalue weighted by Crippen LogP contribution is 2.21. The number of aromatic nitrogens is 5. The maximum Gasteiger partial charge on any atom is 0.191 e. The normalized spacial score (nSPS) is 11.1. The van der Waals surface area contributed by atoms with E-state index in [2.05, 4.69) is 20.2 Å². The first-order chi connectivity index (χ1) is 9.24. The van der Waals surface area contributed by atoms with E-state index in [1.807, 2.05) is 42.8 Å². The molecule has 6 heteroatoms. The molecular weight excluding hydrogens is 258 g/mol. The SMILES string of the molecule is Cc1nc2ccccc2nc1CSc1nncn1C. The highest BCUT2D eigenvalue weighted by Gasteiger charge is 2.08. The topological polar surface area (TPSA) is 56.5 Å². The van der Waals surface area contributed by atoms with Gasteiger partial charge in [-0.15, -0.1) is 10.2 Å². The van der Waals surface area contributed by atoms with E-state index in [-0.39, 0.29) is 0 Å². The molecule has 5 nitrogen and oxygen atoms in total. The summed E-state index contributed by atoms with van der Waals surface area (Å²) in [5.74, 6) is 0.746. The van der Waals surface area contributed by atoms with E-state index in [1.54, 1.807) is 18.1 Å². The van der Waals surface area contributed by atoms with Crippen molar-refractivity contribution in [2.75, 3.05) is 0 Å². The van der Waals surface area contributed by atoms with Gasteiger partial charge in [-0.2, -0.15) is 0 Å². The van der Waals surface area contributed by atoms with Gasteiger partial charge >= 0.3 is 0 Å². The number of hydrogen-bond acceptors (Lipinski definition) is 5. The first kappa shape index (κ1) is 12.1. The molecule has 0 saturated carbocycles. The molecule has 0 amide bonds. The zero-order chi connectivity index (χ0) is 13.2. The second-order valence-corrected chi connectivity index (χ2v) is 5.20. The molecule has 96 valence electrons. The molecule has 0 aliphatic rings. The van der Waals surface area contributed by atoms with Crippen LogP contribution in [0.2, 0.25) is 0 Å². The molecule has 1 aromatic carbocycles. The van der Waals surface area contributed by atoms with Crippen molar-refractivity contribution in [3.63, 3.8) is 0 Å². The Morgan fingerprint density at radius 3 is 2.58 bits per heavy atom. The van der Waals surface area contributed by atoms with Crippen LogP contribution < -0.4 is 0 Å². The number of nitrogens with zero attached hydrogens (tertiary/aromatic N) is 5. The molecule has 0 N–H and O–H groups in total. The minimum absolute atomic E-state index is 0.746. The second kappa shape index (κ2) is 4.97. The van der Waals surface area contributed by atoms with Crippen molar-refractivity contribution >= 4 is 22.8 Å². The lowest BCUT2D eigenvalue weighted by Crippen LogP contribution is -1.98. The van der Waals surface area contributed by atoms with Crippen LogP contribution in [0, 0.1) is 6.92 Å². The smallest absolute Gasteiger partial charge is 0.191 e. The highest BCUT2D eigenvalue weighted by molar-refractivity contribution is 7.98. The quantitative estimate of drug-likeness (QED) is 0.684. The van der Waals surface area contributed by atoms with Crippen LogP contribution in [0.25, 0.3) is 11.0 Å². The molecule has 0 aliphatic heterocycles. The summed E-state index contributed by atoms with van der Waals surface area (Å²) in [6, 6.07) is 7.92. The lowest BCUT2D eigenvalue weighted by Gasteiger charge is -2.05. The zero-order valence-corrected chi connectivity index (χ0v) is 11.6. The van der Waals surface area contributed by atoms with Crippen LogP contribution in [0.1, 0.15) is 11.4 Å². The van der Waals surface area contributed by atoms with Crippen LogP contribution in [-0.2, 0) is 12.8 Å². The second-order valence-electron chi connectivity index (χ2n) is 4.26. The summed E-state index contributed by atoms with van der Waals surface area (Å²) in [6.45, 7) is 1.99. The Labute approximate surface area is 115 Å². The van der Waals surface area contributed by atoms with E-state index in [0.717, 1.165) is 33.3 Å². The average molecular weight is 271 g/mol. The van der Waals surface area contributed by atoms with Crippen molar-refractivity contribution in [3.05, 3.63) is 42.0 Å². The highest BCUT2D eigenvalue weighted by atomic mass is 32.2. The summed E-state index contributed by atoms with van der Waals surface area (Å²) >= 11 is 1.62. The number of hydrogen-bond donors (Lipinski definition) is 0. The first-order valence-corrected chi connectivity index (χ1v) is 6.91. The first-order valence-electron chi connectivity index (χ1n) is 5.93. The third kappa shape index (κ3) is 2.44. The number of benzene rings is 1. The fourth-order valence-electron chi connectivity index (χ4n) is 1.80. The summed E-state index contributed by atoms with van der Waals surface area (Å²) in [4.78, 5) is 9.24. The monoisotopic (exact) mass is 271 g/mol. The van der Waals surface area contributed by atoms with Crippen molar-refractivity contribution in [2.24, 2.45) is 7.05 Å². The van der Waals surface area contributed by atoms with Crippen LogP contribution in [-0.4, -0.2) is 24.7 Å². The number of thioether (sulfide) groups is 1. The standard InChI is InChI=1S/C13H13N5S/c1-9-12(7-19-13-17-14-8-18(13)2)16-11-6-4-3-5-10(11)15-9/h3-6,8H,7H2,1-2H3. The minimum atomic E-state index is 0.746. The van der Waals surface area contributed by atoms with Gasteiger partial charge in [0.2, 0.25) is 0 Å². The van der Waals surface area contributed by atoms with E-state index in [0.29, 0.717) is 0 Å². The molecule has 2 aromatic heterocycles. The van der Waals surface area contributed by atoms with E-state index < -0.39 is 0 Å². The third-order valence-electron chi connectivity index (χ3n) is 2.85. The predicted molar refractivity (Wildman–Crippen MR) is 74.8 cm³/mol. The Morgan fingerprint density at radius 1 is 1.16 bits per heavy atom. The van der Waals surface area contributed by atoms with Gasteiger partial charge in [0.25, 0.3) is 0 Å². The van der Waals surface area contributed by atoms with Crippen LogP contribution in [0.5, 0.6) is 0 Å². The Balaban J connectivity index is 1.88. The van der Waals surface area contributed by atoms with Gasteiger partial charge in [0.15, 0.2) is 5.16 Å². The molecule has 0 bridgehead atoms. The summed E-state index contributed by atoms with van der Waals surface area (Å²) in [6.07, 6.45) is 1.70. The molecule has 0 spiro atoms. The van der Waals surface area contributed by atoms with E-state index in [9.17, 15) is 0 Å². The van der Waals surface area contributed by atoms with E-state index in [4.69, 9.17) is 0 Å². The van der Waals surface area contributed by atoms with Crippen LogP contribution in [0.3, 0.4) is 0 Å². The number of aryl methyl sites for hydroxylation is 2. The van der Waals surface area contributed by atoms with Gasteiger partial charge in [0, 0.05) is 12.8 Å². The molecule has 2 heterocycles. The van der Waals surface area contributed by atoms with Gasteiger partial charge in [0.05, 0.1) is 22.4 Å². The fraction of sp³-hybridized carbons (Fsp3) is 0.231. The van der Waals surface area contributed by atoms with Gasteiger partial charge in [-0.05, 0) is 19.1 Å². The number of fused-ring (bicyclic) bond motifs is 1. The summed E-state index contributed by atoms with van der Waals surface area (Å²) < 4.78 is 1.90. The van der Waals surface area contributed by atoms with Crippen molar-refractivity contribution in [3.8, 4) is 0 Å². The lowest BCUT2D eigenvalue weighted by molar-refractivity contribution is 0.788. The van der Waals surface area contributed by atoms with Gasteiger partial charge in [-0.25, -0.2) is 9.97 Å². The van der Waals surface area contributed by atoms with Crippen molar-refractivity contribution < 1.29 is 0 Å². The largest absolute Gasteiger partial charge is 0.312 e. The molecule has 0 fully saturated rings. The van der Waals surface area contributed by atoms with Gasteiger partial charge in [-0.1, -0.05) is 23.9 Å². The Morgan fingerprint density at radius 2 is 1.89 bits per heavy atom. The maximum absolute atomic E-state index is 4.66. The van der Waals surface area contributed by atoms with E-state index in [1.165, 1.54) is 0 Å². The number of rotatable bonds is 3. The predicted octanol–water partition coefficient (Wildman–Crippen LogP) is 2.36. The summed E-state index contributed by atoms with van der Waals surface area (Å²) in [5, 5.41) is 8.80. The summed E-state index contributed by atoms with van der Waals surface area (Å²) in [7, 11) is 1.93. The molecule has 0 radical (unpaired) electrons. The van der Waals surface area contributed by atoms with E-state index >= 15 is 0 Å². The lowest BCUT2D eigenvalue weighted by atomic mass is 10.2. The molecule has 0 saturated heterocycles. The van der Waals surface area contributed by atoms with Crippen molar-refractivity contribution in [1.82, 2.24) is 24.7 Å². The van der Waals surface area contributed by atoms with Crippen molar-refractivity contribution in [2.45, 2.75) is 17.8 Å². The molecule has 0 aliphatic carbocycles. The number of para-hydroxylation sites is 2. The maximum atomic E-state index is 4.66.